The van der Waals surface area contributed by atoms with Gasteiger partial charge in [-0.05, 0) is 38.1 Å². The maximum atomic E-state index is 12.6. The van der Waals surface area contributed by atoms with E-state index in [1.165, 1.54) is 17.3 Å². The van der Waals surface area contributed by atoms with Crippen LogP contribution in [-0.2, 0) is 11.3 Å². The lowest BCUT2D eigenvalue weighted by Gasteiger charge is -2.12. The Balaban J connectivity index is 1.53. The lowest BCUT2D eigenvalue weighted by atomic mass is 10.1. The van der Waals surface area contributed by atoms with Crippen LogP contribution in [0.4, 0.5) is 0 Å². The van der Waals surface area contributed by atoms with Crippen LogP contribution in [0, 0.1) is 13.8 Å². The van der Waals surface area contributed by atoms with Gasteiger partial charge in [-0.15, -0.1) is 10.2 Å². The van der Waals surface area contributed by atoms with E-state index in [-0.39, 0.29) is 11.7 Å². The van der Waals surface area contributed by atoms with Gasteiger partial charge in [0.2, 0.25) is 5.91 Å². The Morgan fingerprint density at radius 2 is 1.76 bits per heavy atom. The van der Waals surface area contributed by atoms with Crippen molar-refractivity contribution in [2.75, 3.05) is 12.9 Å². The highest BCUT2D eigenvalue weighted by Gasteiger charge is 2.17. The molecular weight excluding hydrogens is 432 g/mol. The Kier molecular flexibility index (Phi) is 7.10. The number of benzene rings is 3. The van der Waals surface area contributed by atoms with Crippen molar-refractivity contribution in [3.05, 3.63) is 89.5 Å². The lowest BCUT2D eigenvalue weighted by Crippen LogP contribution is -2.25. The van der Waals surface area contributed by atoms with E-state index in [1.807, 2.05) is 53.1 Å². The van der Waals surface area contributed by atoms with Crippen molar-refractivity contribution in [1.82, 2.24) is 20.1 Å². The Bertz CT molecular complexity index is 1250. The molecule has 3 aromatic carbocycles. The molecule has 0 aliphatic rings. The molecule has 0 atom stereocenters. The number of carbonyl (C=O) groups excluding carboxylic acids is 1. The fourth-order valence-electron chi connectivity index (χ4n) is 3.49. The van der Waals surface area contributed by atoms with E-state index in [2.05, 4.69) is 53.6 Å². The molecule has 0 radical (unpaired) electrons. The molecule has 4 aromatic rings. The first-order valence-electron chi connectivity index (χ1n) is 10.7. The minimum Gasteiger partial charge on any atom is -0.496 e. The molecule has 4 rings (SSSR count). The number of rotatable bonds is 8. The first-order chi connectivity index (χ1) is 16.0. The summed E-state index contributed by atoms with van der Waals surface area (Å²) in [5.41, 5.74) is 5.20. The second-order valence-corrected chi connectivity index (χ2v) is 8.67. The van der Waals surface area contributed by atoms with E-state index in [9.17, 15) is 4.79 Å². The number of nitrogens with one attached hydrogen (secondary N) is 1. The number of para-hydroxylation sites is 1. The second-order valence-electron chi connectivity index (χ2n) is 7.72. The largest absolute Gasteiger partial charge is 0.496 e. The second kappa shape index (κ2) is 10.4. The Morgan fingerprint density at radius 3 is 2.52 bits per heavy atom. The molecule has 0 bridgehead atoms. The topological polar surface area (TPSA) is 69.0 Å². The first-order valence-corrected chi connectivity index (χ1v) is 11.6. The van der Waals surface area contributed by atoms with Crippen LogP contribution in [0.2, 0.25) is 0 Å². The zero-order chi connectivity index (χ0) is 23.2. The van der Waals surface area contributed by atoms with Crippen LogP contribution in [0.25, 0.3) is 17.1 Å². The molecule has 168 valence electrons. The van der Waals surface area contributed by atoms with Gasteiger partial charge in [0.15, 0.2) is 11.0 Å². The van der Waals surface area contributed by atoms with Crippen molar-refractivity contribution >= 4 is 17.7 Å². The van der Waals surface area contributed by atoms with Crippen LogP contribution >= 0.6 is 11.8 Å². The quantitative estimate of drug-likeness (QED) is 0.378. The van der Waals surface area contributed by atoms with Crippen molar-refractivity contribution in [2.24, 2.45) is 0 Å². The van der Waals surface area contributed by atoms with Crippen molar-refractivity contribution < 1.29 is 9.53 Å². The minimum atomic E-state index is -0.0820. The van der Waals surface area contributed by atoms with Crippen molar-refractivity contribution in [1.29, 1.82) is 0 Å². The molecule has 1 N–H and O–H groups in total. The Morgan fingerprint density at radius 1 is 0.970 bits per heavy atom. The summed E-state index contributed by atoms with van der Waals surface area (Å²) in [5.74, 6) is 1.65. The first kappa shape index (κ1) is 22.6. The van der Waals surface area contributed by atoms with Gasteiger partial charge in [-0.3, -0.25) is 9.36 Å². The summed E-state index contributed by atoms with van der Waals surface area (Å²) in [6.45, 7) is 4.51. The maximum Gasteiger partial charge on any atom is 0.230 e. The van der Waals surface area contributed by atoms with Gasteiger partial charge in [-0.25, -0.2) is 0 Å². The number of aryl methyl sites for hydroxylation is 2. The molecule has 0 fully saturated rings. The van der Waals surface area contributed by atoms with Gasteiger partial charge in [-0.2, -0.15) is 0 Å². The molecule has 0 spiro atoms. The third-order valence-electron chi connectivity index (χ3n) is 5.20. The van der Waals surface area contributed by atoms with Gasteiger partial charge in [0.25, 0.3) is 0 Å². The van der Waals surface area contributed by atoms with Crippen molar-refractivity contribution in [3.63, 3.8) is 0 Å². The predicted octanol–water partition coefficient (Wildman–Crippen LogP) is 4.97. The van der Waals surface area contributed by atoms with Crippen LogP contribution in [0.3, 0.4) is 0 Å². The highest BCUT2D eigenvalue weighted by molar-refractivity contribution is 7.99. The van der Waals surface area contributed by atoms with Gasteiger partial charge in [0, 0.05) is 23.4 Å². The summed E-state index contributed by atoms with van der Waals surface area (Å²) in [6, 6.07) is 24.0. The number of thioether (sulfide) groups is 1. The van der Waals surface area contributed by atoms with Crippen LogP contribution in [0.15, 0.2) is 78.0 Å². The Labute approximate surface area is 198 Å². The molecule has 0 aliphatic carbocycles. The molecule has 33 heavy (non-hydrogen) atoms. The molecule has 7 heteroatoms. The van der Waals surface area contributed by atoms with Gasteiger partial charge in [-0.1, -0.05) is 71.4 Å². The van der Waals surface area contributed by atoms with E-state index in [4.69, 9.17) is 4.74 Å². The highest BCUT2D eigenvalue weighted by atomic mass is 32.2. The molecular formula is C26H26N4O2S. The number of aromatic nitrogens is 3. The Hall–Kier alpha value is -3.58. The average Bonchev–Trinajstić information content (AvgIpc) is 3.26. The summed E-state index contributed by atoms with van der Waals surface area (Å²) in [5, 5.41) is 12.5. The van der Waals surface area contributed by atoms with Gasteiger partial charge >= 0.3 is 0 Å². The van der Waals surface area contributed by atoms with Crippen LogP contribution in [0.1, 0.15) is 16.7 Å². The number of hydrogen-bond acceptors (Lipinski definition) is 5. The number of amides is 1. The third-order valence-corrected chi connectivity index (χ3v) is 6.13. The SMILES string of the molecule is COc1ccccc1CNC(=O)CSc1nnc(-c2cccc(C)c2)n1-c1ccc(C)cc1. The lowest BCUT2D eigenvalue weighted by molar-refractivity contribution is -0.118. The molecule has 0 saturated carbocycles. The average molecular weight is 459 g/mol. The van der Waals surface area contributed by atoms with Crippen molar-refractivity contribution in [2.45, 2.75) is 25.5 Å². The molecule has 0 saturated heterocycles. The minimum absolute atomic E-state index is 0.0820. The fraction of sp³-hybridized carbons (Fsp3) is 0.192. The van der Waals surface area contributed by atoms with Crippen LogP contribution < -0.4 is 10.1 Å². The van der Waals surface area contributed by atoms with E-state index >= 15 is 0 Å². The highest BCUT2D eigenvalue weighted by Crippen LogP contribution is 2.28. The molecule has 1 amide bonds. The van der Waals surface area contributed by atoms with E-state index in [0.29, 0.717) is 11.7 Å². The van der Waals surface area contributed by atoms with E-state index in [1.54, 1.807) is 7.11 Å². The maximum absolute atomic E-state index is 12.6. The predicted molar refractivity (Wildman–Crippen MR) is 132 cm³/mol. The van der Waals surface area contributed by atoms with E-state index < -0.39 is 0 Å². The zero-order valence-corrected chi connectivity index (χ0v) is 19.7. The van der Waals surface area contributed by atoms with Crippen LogP contribution in [0.5, 0.6) is 5.75 Å². The summed E-state index contributed by atoms with van der Waals surface area (Å²) in [4.78, 5) is 12.6. The summed E-state index contributed by atoms with van der Waals surface area (Å²) >= 11 is 1.37. The summed E-state index contributed by atoms with van der Waals surface area (Å²) in [7, 11) is 1.63. The summed E-state index contributed by atoms with van der Waals surface area (Å²) in [6.07, 6.45) is 0. The molecule has 1 heterocycles. The number of carbonyl (C=O) groups is 1. The molecule has 0 unspecified atom stereocenters. The van der Waals surface area contributed by atoms with E-state index in [0.717, 1.165) is 34.0 Å². The summed E-state index contributed by atoms with van der Waals surface area (Å²) < 4.78 is 7.36. The zero-order valence-electron chi connectivity index (χ0n) is 18.9. The normalized spacial score (nSPS) is 10.8. The van der Waals surface area contributed by atoms with Gasteiger partial charge in [0.1, 0.15) is 5.75 Å². The third kappa shape index (κ3) is 5.43. The number of methoxy groups -OCH3 is 1. The molecule has 0 aliphatic heterocycles. The number of hydrogen-bond donors (Lipinski definition) is 1. The van der Waals surface area contributed by atoms with Gasteiger partial charge in [0.05, 0.1) is 12.9 Å². The van der Waals surface area contributed by atoms with Gasteiger partial charge < -0.3 is 10.1 Å². The number of ether oxygens (including phenoxy) is 1. The number of nitrogens with zero attached hydrogens (tertiary/aromatic N) is 3. The fourth-order valence-corrected chi connectivity index (χ4v) is 4.27. The van der Waals surface area contributed by atoms with Crippen LogP contribution in [-0.4, -0.2) is 33.5 Å². The monoisotopic (exact) mass is 458 g/mol. The van der Waals surface area contributed by atoms with Crippen molar-refractivity contribution in [3.8, 4) is 22.8 Å². The standard InChI is InChI=1S/C26H26N4O2S/c1-18-11-13-22(14-12-18)30-25(20-9-6-7-19(2)15-20)28-29-26(30)33-17-24(31)27-16-21-8-4-5-10-23(21)32-3/h4-15H,16-17H2,1-3H3,(H,27,31). The smallest absolute Gasteiger partial charge is 0.230 e. The molecule has 6 nitrogen and oxygen atoms in total. The molecule has 1 aromatic heterocycles.